The van der Waals surface area contributed by atoms with Gasteiger partial charge in [0, 0.05) is 0 Å². The van der Waals surface area contributed by atoms with Gasteiger partial charge < -0.3 is 5.73 Å². The van der Waals surface area contributed by atoms with Crippen molar-refractivity contribution in [2.45, 2.75) is 25.3 Å². The molecule has 0 amide bonds. The maximum Gasteiger partial charge on any atom is 0.147 e. The Labute approximate surface area is 85.2 Å². The molecule has 0 aromatic carbocycles. The molecule has 1 fully saturated rings. The molecule has 0 radical (unpaired) electrons. The predicted octanol–water partition coefficient (Wildman–Crippen LogP) is 1.34. The monoisotopic (exact) mass is 206 g/mol. The Morgan fingerprint density at radius 3 is 2.93 bits per heavy atom. The van der Waals surface area contributed by atoms with Gasteiger partial charge in [-0.3, -0.25) is 0 Å². The fourth-order valence-corrected chi connectivity index (χ4v) is 2.35. The Hall–Kier alpha value is -1.07. The number of aromatic nitrogens is 3. The van der Waals surface area contributed by atoms with Crippen molar-refractivity contribution in [3.63, 3.8) is 0 Å². The molecule has 0 saturated heterocycles. The first-order chi connectivity index (χ1) is 6.69. The molecule has 5 heteroatoms. The lowest BCUT2D eigenvalue weighted by Crippen LogP contribution is -2.20. The van der Waals surface area contributed by atoms with E-state index in [1.807, 2.05) is 6.92 Å². The third-order valence-corrected chi connectivity index (χ3v) is 3.44. The molecule has 14 heavy (non-hydrogen) atoms. The Morgan fingerprint density at radius 2 is 2.21 bits per heavy atom. The zero-order valence-electron chi connectivity index (χ0n) is 7.82. The second-order valence-corrected chi connectivity index (χ2v) is 4.95. The number of aryl methyl sites for hydroxylation is 1. The lowest BCUT2D eigenvalue weighted by atomic mass is 10.2. The molecule has 2 aromatic rings. The molecule has 2 heterocycles. The van der Waals surface area contributed by atoms with Crippen molar-refractivity contribution < 1.29 is 0 Å². The average molecular weight is 206 g/mol. The molecule has 0 spiro atoms. The summed E-state index contributed by atoms with van der Waals surface area (Å²) in [6.45, 7) is 1.98. The van der Waals surface area contributed by atoms with Crippen LogP contribution in [-0.4, -0.2) is 15.0 Å². The lowest BCUT2D eigenvalue weighted by molar-refractivity contribution is 0.712. The fourth-order valence-electron chi connectivity index (χ4n) is 1.59. The maximum absolute atomic E-state index is 6.12. The van der Waals surface area contributed by atoms with E-state index in [0.717, 1.165) is 33.9 Å². The lowest BCUT2D eigenvalue weighted by Gasteiger charge is -2.06. The Kier molecular flexibility index (Phi) is 1.47. The molecule has 0 unspecified atom stereocenters. The van der Waals surface area contributed by atoms with Crippen LogP contribution >= 0.6 is 11.3 Å². The van der Waals surface area contributed by atoms with Crippen LogP contribution in [-0.2, 0) is 5.54 Å². The molecule has 2 N–H and O–H groups in total. The van der Waals surface area contributed by atoms with Crippen LogP contribution in [0.25, 0.3) is 10.3 Å². The molecule has 0 atom stereocenters. The highest BCUT2D eigenvalue weighted by Crippen LogP contribution is 2.44. The van der Waals surface area contributed by atoms with Crippen LogP contribution in [0.5, 0.6) is 0 Å². The molecule has 72 valence electrons. The SMILES string of the molecule is Cc1nc2c(C3(N)CC3)ncnc2s1. The van der Waals surface area contributed by atoms with E-state index in [4.69, 9.17) is 5.73 Å². The second-order valence-electron chi connectivity index (χ2n) is 3.77. The standard InChI is InChI=1S/C9H10N4S/c1-5-13-6-7(9(10)2-3-9)11-4-12-8(6)14-5/h4H,2-3,10H2,1H3. The van der Waals surface area contributed by atoms with Gasteiger partial charge in [-0.1, -0.05) is 11.3 Å². The van der Waals surface area contributed by atoms with Gasteiger partial charge in [0.25, 0.3) is 0 Å². The summed E-state index contributed by atoms with van der Waals surface area (Å²) in [4.78, 5) is 13.8. The number of fused-ring (bicyclic) bond motifs is 1. The molecule has 3 rings (SSSR count). The van der Waals surface area contributed by atoms with Crippen LogP contribution in [0.2, 0.25) is 0 Å². The summed E-state index contributed by atoms with van der Waals surface area (Å²) in [7, 11) is 0. The summed E-state index contributed by atoms with van der Waals surface area (Å²) in [6, 6.07) is 0. The number of hydrogen-bond acceptors (Lipinski definition) is 5. The van der Waals surface area contributed by atoms with E-state index < -0.39 is 0 Å². The van der Waals surface area contributed by atoms with Crippen molar-refractivity contribution >= 4 is 21.7 Å². The predicted molar refractivity (Wildman–Crippen MR) is 55.0 cm³/mol. The van der Waals surface area contributed by atoms with Gasteiger partial charge >= 0.3 is 0 Å². The maximum atomic E-state index is 6.12. The molecule has 1 aliphatic rings. The zero-order chi connectivity index (χ0) is 9.76. The molecule has 0 bridgehead atoms. The Balaban J connectivity index is 2.32. The van der Waals surface area contributed by atoms with Crippen LogP contribution in [0.3, 0.4) is 0 Å². The third kappa shape index (κ3) is 1.06. The average Bonchev–Trinajstić information content (AvgIpc) is 2.78. The minimum absolute atomic E-state index is 0.221. The van der Waals surface area contributed by atoms with Gasteiger partial charge in [0.1, 0.15) is 16.7 Å². The van der Waals surface area contributed by atoms with Gasteiger partial charge in [-0.25, -0.2) is 15.0 Å². The van der Waals surface area contributed by atoms with Crippen LogP contribution in [0.15, 0.2) is 6.33 Å². The summed E-state index contributed by atoms with van der Waals surface area (Å²) in [6.07, 6.45) is 3.60. The highest BCUT2D eigenvalue weighted by atomic mass is 32.1. The van der Waals surface area contributed by atoms with E-state index in [1.165, 1.54) is 0 Å². The molecular formula is C9H10N4S. The van der Waals surface area contributed by atoms with Crippen LogP contribution < -0.4 is 5.73 Å². The second kappa shape index (κ2) is 2.49. The van der Waals surface area contributed by atoms with E-state index in [0.29, 0.717) is 0 Å². The summed E-state index contributed by atoms with van der Waals surface area (Å²) < 4.78 is 0. The molecule has 1 saturated carbocycles. The summed E-state index contributed by atoms with van der Waals surface area (Å²) in [5.74, 6) is 0. The Bertz CT molecular complexity index is 500. The number of nitrogens with two attached hydrogens (primary N) is 1. The van der Waals surface area contributed by atoms with Crippen molar-refractivity contribution in [2.75, 3.05) is 0 Å². The first kappa shape index (κ1) is 8.26. The Morgan fingerprint density at radius 1 is 1.43 bits per heavy atom. The minimum atomic E-state index is -0.221. The van der Waals surface area contributed by atoms with Gasteiger partial charge in [-0.2, -0.15) is 0 Å². The number of thiazole rings is 1. The zero-order valence-corrected chi connectivity index (χ0v) is 8.64. The number of hydrogen-bond donors (Lipinski definition) is 1. The molecule has 0 aliphatic heterocycles. The van der Waals surface area contributed by atoms with Gasteiger partial charge in [-0.05, 0) is 19.8 Å². The van der Waals surface area contributed by atoms with Crippen LogP contribution in [0.1, 0.15) is 23.5 Å². The van der Waals surface area contributed by atoms with Gasteiger partial charge in [0.05, 0.1) is 16.2 Å². The quantitative estimate of drug-likeness (QED) is 0.764. The number of rotatable bonds is 1. The van der Waals surface area contributed by atoms with E-state index in [2.05, 4.69) is 15.0 Å². The first-order valence-corrected chi connectivity index (χ1v) is 5.38. The van der Waals surface area contributed by atoms with Crippen molar-refractivity contribution in [1.82, 2.24) is 15.0 Å². The minimum Gasteiger partial charge on any atom is -0.320 e. The topological polar surface area (TPSA) is 64.7 Å². The van der Waals surface area contributed by atoms with Crippen molar-refractivity contribution in [3.05, 3.63) is 17.0 Å². The largest absolute Gasteiger partial charge is 0.320 e. The van der Waals surface area contributed by atoms with Crippen molar-refractivity contribution in [3.8, 4) is 0 Å². The highest BCUT2D eigenvalue weighted by Gasteiger charge is 2.43. The van der Waals surface area contributed by atoms with E-state index in [1.54, 1.807) is 17.7 Å². The van der Waals surface area contributed by atoms with E-state index >= 15 is 0 Å². The number of nitrogens with zero attached hydrogens (tertiary/aromatic N) is 3. The molecular weight excluding hydrogens is 196 g/mol. The van der Waals surface area contributed by atoms with Crippen molar-refractivity contribution in [1.29, 1.82) is 0 Å². The van der Waals surface area contributed by atoms with Gasteiger partial charge in [-0.15, -0.1) is 0 Å². The van der Waals surface area contributed by atoms with Gasteiger partial charge in [0.15, 0.2) is 0 Å². The summed E-state index contributed by atoms with van der Waals surface area (Å²) in [5, 5.41) is 1.02. The first-order valence-electron chi connectivity index (χ1n) is 4.56. The molecule has 4 nitrogen and oxygen atoms in total. The smallest absolute Gasteiger partial charge is 0.147 e. The fraction of sp³-hybridized carbons (Fsp3) is 0.444. The van der Waals surface area contributed by atoms with Crippen molar-refractivity contribution in [2.24, 2.45) is 5.73 Å². The normalized spacial score (nSPS) is 18.7. The summed E-state index contributed by atoms with van der Waals surface area (Å²) >= 11 is 1.59. The molecule has 2 aromatic heterocycles. The molecule has 1 aliphatic carbocycles. The van der Waals surface area contributed by atoms with Crippen LogP contribution in [0, 0.1) is 6.92 Å². The van der Waals surface area contributed by atoms with Crippen LogP contribution in [0.4, 0.5) is 0 Å². The van der Waals surface area contributed by atoms with E-state index in [9.17, 15) is 0 Å². The van der Waals surface area contributed by atoms with Gasteiger partial charge in [0.2, 0.25) is 0 Å². The third-order valence-electron chi connectivity index (χ3n) is 2.56. The van der Waals surface area contributed by atoms with E-state index in [-0.39, 0.29) is 5.54 Å². The highest BCUT2D eigenvalue weighted by molar-refractivity contribution is 7.18. The summed E-state index contributed by atoms with van der Waals surface area (Å²) in [5.41, 5.74) is 7.72.